The molecule has 0 saturated heterocycles. The Morgan fingerprint density at radius 3 is 2.35 bits per heavy atom. The molecule has 0 bridgehead atoms. The lowest BCUT2D eigenvalue weighted by molar-refractivity contribution is -0.116. The van der Waals surface area contributed by atoms with Gasteiger partial charge >= 0.3 is 0 Å². The van der Waals surface area contributed by atoms with E-state index in [1.54, 1.807) is 6.08 Å². The highest BCUT2D eigenvalue weighted by molar-refractivity contribution is 5.94. The number of amides is 1. The summed E-state index contributed by atoms with van der Waals surface area (Å²) < 4.78 is 0. The number of allylic oxidation sites excluding steroid dienone is 1. The number of carbonyl (C=O) groups excluding carboxylic acids is 1. The molecule has 0 aliphatic carbocycles. The van der Waals surface area contributed by atoms with Crippen molar-refractivity contribution in [3.8, 4) is 0 Å². The SMILES string of the molecule is CC(=CC(=O)NCCO)c1ccc(CCCC(C)CCCC(C)C)cc1. The molecule has 0 aliphatic heterocycles. The van der Waals surface area contributed by atoms with Gasteiger partial charge in [0.1, 0.15) is 0 Å². The van der Waals surface area contributed by atoms with Crippen molar-refractivity contribution >= 4 is 11.5 Å². The molecule has 1 unspecified atom stereocenters. The Kier molecular flexibility index (Phi) is 11.0. The zero-order chi connectivity index (χ0) is 19.4. The van der Waals surface area contributed by atoms with Gasteiger partial charge in [0.05, 0.1) is 6.61 Å². The zero-order valence-corrected chi connectivity index (χ0v) is 17.1. The fourth-order valence-corrected chi connectivity index (χ4v) is 3.12. The summed E-state index contributed by atoms with van der Waals surface area (Å²) >= 11 is 0. The Balaban J connectivity index is 2.38. The van der Waals surface area contributed by atoms with E-state index in [0.29, 0.717) is 0 Å². The minimum atomic E-state index is -0.160. The van der Waals surface area contributed by atoms with Gasteiger partial charge in [-0.1, -0.05) is 70.7 Å². The second-order valence-corrected chi connectivity index (χ2v) is 7.86. The van der Waals surface area contributed by atoms with Crippen molar-refractivity contribution in [2.24, 2.45) is 11.8 Å². The maximum Gasteiger partial charge on any atom is 0.244 e. The van der Waals surface area contributed by atoms with Gasteiger partial charge in [-0.2, -0.15) is 0 Å². The van der Waals surface area contributed by atoms with E-state index in [-0.39, 0.29) is 19.1 Å². The number of carbonyl (C=O) groups is 1. The van der Waals surface area contributed by atoms with Crippen LogP contribution in [0.2, 0.25) is 0 Å². The summed E-state index contributed by atoms with van der Waals surface area (Å²) in [4.78, 5) is 11.7. The third-order valence-electron chi connectivity index (χ3n) is 4.81. The van der Waals surface area contributed by atoms with Crippen LogP contribution in [0.5, 0.6) is 0 Å². The van der Waals surface area contributed by atoms with Crippen LogP contribution in [0.25, 0.3) is 5.57 Å². The van der Waals surface area contributed by atoms with E-state index in [1.807, 2.05) is 6.92 Å². The predicted octanol–water partition coefficient (Wildman–Crippen LogP) is 4.98. The van der Waals surface area contributed by atoms with E-state index in [2.05, 4.69) is 50.4 Å². The molecule has 0 spiro atoms. The first kappa shape index (κ1) is 22.4. The Labute approximate surface area is 159 Å². The Morgan fingerprint density at radius 2 is 1.73 bits per heavy atom. The highest BCUT2D eigenvalue weighted by atomic mass is 16.3. The van der Waals surface area contributed by atoms with Crippen LogP contribution in [0.15, 0.2) is 30.3 Å². The molecular weight excluding hydrogens is 322 g/mol. The molecule has 1 amide bonds. The van der Waals surface area contributed by atoms with E-state index in [4.69, 9.17) is 5.11 Å². The molecule has 0 aromatic heterocycles. The summed E-state index contributed by atoms with van der Waals surface area (Å²) in [6.07, 6.45) is 9.28. The first-order valence-electron chi connectivity index (χ1n) is 10.1. The molecule has 1 aromatic carbocycles. The maximum atomic E-state index is 11.7. The summed E-state index contributed by atoms with van der Waals surface area (Å²) in [5, 5.41) is 11.4. The number of nitrogens with one attached hydrogen (secondary N) is 1. The van der Waals surface area contributed by atoms with Crippen LogP contribution in [0.1, 0.15) is 70.9 Å². The molecular formula is C23H37NO2. The highest BCUT2D eigenvalue weighted by Crippen LogP contribution is 2.19. The minimum absolute atomic E-state index is 0.0380. The van der Waals surface area contributed by atoms with Crippen LogP contribution in [0.4, 0.5) is 0 Å². The average molecular weight is 360 g/mol. The number of hydrogen-bond donors (Lipinski definition) is 2. The van der Waals surface area contributed by atoms with Gasteiger partial charge in [-0.25, -0.2) is 0 Å². The molecule has 1 aromatic rings. The molecule has 0 saturated carbocycles. The van der Waals surface area contributed by atoms with Gasteiger partial charge < -0.3 is 10.4 Å². The molecule has 0 radical (unpaired) electrons. The van der Waals surface area contributed by atoms with Crippen LogP contribution in [0, 0.1) is 11.8 Å². The van der Waals surface area contributed by atoms with E-state index in [9.17, 15) is 4.79 Å². The second kappa shape index (κ2) is 12.7. The molecule has 3 heteroatoms. The summed E-state index contributed by atoms with van der Waals surface area (Å²) in [7, 11) is 0. The summed E-state index contributed by atoms with van der Waals surface area (Å²) in [5.41, 5.74) is 3.36. The number of benzene rings is 1. The second-order valence-electron chi connectivity index (χ2n) is 7.86. The van der Waals surface area contributed by atoms with Crippen LogP contribution >= 0.6 is 0 Å². The fraction of sp³-hybridized carbons (Fsp3) is 0.609. The maximum absolute atomic E-state index is 11.7. The smallest absolute Gasteiger partial charge is 0.244 e. The predicted molar refractivity (Wildman–Crippen MR) is 111 cm³/mol. The first-order chi connectivity index (χ1) is 12.4. The van der Waals surface area contributed by atoms with Gasteiger partial charge in [0.2, 0.25) is 5.91 Å². The number of aryl methyl sites for hydroxylation is 1. The van der Waals surface area contributed by atoms with E-state index in [1.165, 1.54) is 37.7 Å². The van der Waals surface area contributed by atoms with Crippen molar-refractivity contribution in [3.63, 3.8) is 0 Å². The quantitative estimate of drug-likeness (QED) is 0.517. The topological polar surface area (TPSA) is 49.3 Å². The standard InChI is InChI=1S/C23H37NO2/c1-18(2)7-5-8-19(3)9-6-10-21-11-13-22(14-12-21)20(4)17-23(26)24-15-16-25/h11-14,17-19,25H,5-10,15-16H2,1-4H3,(H,24,26). The van der Waals surface area contributed by atoms with Crippen LogP contribution in [0.3, 0.4) is 0 Å². The Bertz CT molecular complexity index is 546. The van der Waals surface area contributed by atoms with Gasteiger partial charge in [0, 0.05) is 12.6 Å². The summed E-state index contributed by atoms with van der Waals surface area (Å²) in [6, 6.07) is 8.52. The van der Waals surface area contributed by atoms with Crippen molar-refractivity contribution < 1.29 is 9.90 Å². The highest BCUT2D eigenvalue weighted by Gasteiger charge is 2.05. The van der Waals surface area contributed by atoms with Gasteiger partial charge in [-0.3, -0.25) is 4.79 Å². The largest absolute Gasteiger partial charge is 0.395 e. The first-order valence-corrected chi connectivity index (χ1v) is 10.1. The van der Waals surface area contributed by atoms with Crippen molar-refractivity contribution in [1.82, 2.24) is 5.32 Å². The average Bonchev–Trinajstić information content (AvgIpc) is 2.60. The number of hydrogen-bond acceptors (Lipinski definition) is 2. The Hall–Kier alpha value is -1.61. The van der Waals surface area contributed by atoms with Crippen molar-refractivity contribution in [1.29, 1.82) is 0 Å². The summed E-state index contributed by atoms with van der Waals surface area (Å²) in [6.45, 7) is 9.16. The lowest BCUT2D eigenvalue weighted by Gasteiger charge is -2.12. The summed E-state index contributed by atoms with van der Waals surface area (Å²) in [5.74, 6) is 1.47. The third kappa shape index (κ3) is 9.76. The van der Waals surface area contributed by atoms with Crippen molar-refractivity contribution in [2.75, 3.05) is 13.2 Å². The lowest BCUT2D eigenvalue weighted by Crippen LogP contribution is -2.24. The van der Waals surface area contributed by atoms with Crippen LogP contribution < -0.4 is 5.32 Å². The molecule has 1 rings (SSSR count). The van der Waals surface area contributed by atoms with E-state index >= 15 is 0 Å². The van der Waals surface area contributed by atoms with Gasteiger partial charge in [0.15, 0.2) is 0 Å². The van der Waals surface area contributed by atoms with Gasteiger partial charge in [0.25, 0.3) is 0 Å². The fourth-order valence-electron chi connectivity index (χ4n) is 3.12. The molecule has 1 atom stereocenters. The number of aliphatic hydroxyl groups is 1. The molecule has 0 fully saturated rings. The molecule has 146 valence electrons. The third-order valence-corrected chi connectivity index (χ3v) is 4.81. The van der Waals surface area contributed by atoms with Crippen molar-refractivity contribution in [2.45, 2.75) is 66.2 Å². The van der Waals surface area contributed by atoms with E-state index in [0.717, 1.165) is 29.4 Å². The molecule has 0 aliphatic rings. The van der Waals surface area contributed by atoms with Gasteiger partial charge in [-0.05, 0) is 48.3 Å². The molecule has 26 heavy (non-hydrogen) atoms. The molecule has 3 nitrogen and oxygen atoms in total. The lowest BCUT2D eigenvalue weighted by atomic mass is 9.94. The minimum Gasteiger partial charge on any atom is -0.395 e. The van der Waals surface area contributed by atoms with Gasteiger partial charge in [-0.15, -0.1) is 0 Å². The number of rotatable bonds is 12. The van der Waals surface area contributed by atoms with Crippen molar-refractivity contribution in [3.05, 3.63) is 41.5 Å². The Morgan fingerprint density at radius 1 is 1.08 bits per heavy atom. The zero-order valence-electron chi connectivity index (χ0n) is 17.1. The van der Waals surface area contributed by atoms with Crippen LogP contribution in [-0.4, -0.2) is 24.2 Å². The molecule has 2 N–H and O–H groups in total. The van der Waals surface area contributed by atoms with E-state index < -0.39 is 0 Å². The number of aliphatic hydroxyl groups excluding tert-OH is 1. The normalized spacial score (nSPS) is 13.1. The monoisotopic (exact) mass is 359 g/mol. The molecule has 0 heterocycles. The van der Waals surface area contributed by atoms with Crippen LogP contribution in [-0.2, 0) is 11.2 Å².